The Hall–Kier alpha value is 0.0700. The van der Waals surface area contributed by atoms with Gasteiger partial charge in [0.1, 0.15) is 0 Å². The van der Waals surface area contributed by atoms with E-state index in [9.17, 15) is 4.21 Å². The third-order valence-corrected chi connectivity index (χ3v) is 5.17. The van der Waals surface area contributed by atoms with E-state index in [4.69, 9.17) is 4.74 Å². The van der Waals surface area contributed by atoms with Gasteiger partial charge in [0.15, 0.2) is 0 Å². The minimum Gasteiger partial charge on any atom is -0.377 e. The molecule has 0 aromatic carbocycles. The van der Waals surface area contributed by atoms with Crippen LogP contribution in [0.25, 0.3) is 0 Å². The molecular formula is C13H25NO2S. The van der Waals surface area contributed by atoms with E-state index in [2.05, 4.69) is 19.2 Å². The Labute approximate surface area is 107 Å². The van der Waals surface area contributed by atoms with E-state index in [1.54, 1.807) is 6.26 Å². The van der Waals surface area contributed by atoms with Crippen LogP contribution in [0, 0.1) is 11.3 Å². The first-order chi connectivity index (χ1) is 8.03. The highest BCUT2D eigenvalue weighted by atomic mass is 32.2. The molecule has 4 heteroatoms. The Morgan fingerprint density at radius 3 is 2.94 bits per heavy atom. The number of hydrogen-bond donors (Lipinski definition) is 1. The second kappa shape index (κ2) is 5.37. The summed E-state index contributed by atoms with van der Waals surface area (Å²) in [4.78, 5) is 0. The number of nitrogens with one attached hydrogen (secondary N) is 1. The lowest BCUT2D eigenvalue weighted by molar-refractivity contribution is -0.192. The number of rotatable bonds is 5. The fourth-order valence-electron chi connectivity index (χ4n) is 3.47. The van der Waals surface area contributed by atoms with Gasteiger partial charge in [-0.15, -0.1) is 0 Å². The Bertz CT molecular complexity index is 293. The monoisotopic (exact) mass is 259 g/mol. The molecule has 0 aromatic heterocycles. The standard InChI is InChI=1S/C13H25NO2S/c1-13(2)11(14-7-5-9-17(3)15)10-6-4-8-16-12(10)13/h10-12,14H,4-9H2,1-3H3. The van der Waals surface area contributed by atoms with Gasteiger partial charge in [-0.25, -0.2) is 0 Å². The van der Waals surface area contributed by atoms with Crippen LogP contribution in [0.1, 0.15) is 33.1 Å². The topological polar surface area (TPSA) is 38.3 Å². The van der Waals surface area contributed by atoms with Gasteiger partial charge in [-0.3, -0.25) is 4.21 Å². The summed E-state index contributed by atoms with van der Waals surface area (Å²) < 4.78 is 16.9. The van der Waals surface area contributed by atoms with Crippen molar-refractivity contribution < 1.29 is 8.95 Å². The lowest BCUT2D eigenvalue weighted by atomic mass is 9.55. The summed E-state index contributed by atoms with van der Waals surface area (Å²) in [5.74, 6) is 1.51. The molecule has 0 bridgehead atoms. The van der Waals surface area contributed by atoms with Crippen LogP contribution >= 0.6 is 0 Å². The lowest BCUT2D eigenvalue weighted by Gasteiger charge is -2.60. The maximum absolute atomic E-state index is 11.0. The van der Waals surface area contributed by atoms with E-state index >= 15 is 0 Å². The highest BCUT2D eigenvalue weighted by Gasteiger charge is 2.57. The van der Waals surface area contributed by atoms with E-state index in [1.807, 2.05) is 0 Å². The predicted octanol–water partition coefficient (Wildman–Crippen LogP) is 1.55. The van der Waals surface area contributed by atoms with Gasteiger partial charge in [0.05, 0.1) is 6.10 Å². The molecule has 3 nitrogen and oxygen atoms in total. The fraction of sp³-hybridized carbons (Fsp3) is 1.00. The number of hydrogen-bond acceptors (Lipinski definition) is 3. The predicted molar refractivity (Wildman–Crippen MR) is 71.6 cm³/mol. The first kappa shape index (κ1) is 13.5. The highest BCUT2D eigenvalue weighted by Crippen LogP contribution is 2.51. The van der Waals surface area contributed by atoms with Gasteiger partial charge in [0, 0.05) is 46.8 Å². The zero-order valence-corrected chi connectivity index (χ0v) is 12.0. The Kier molecular flexibility index (Phi) is 4.26. The van der Waals surface area contributed by atoms with Crippen LogP contribution in [0.2, 0.25) is 0 Å². The van der Waals surface area contributed by atoms with Crippen LogP contribution < -0.4 is 5.32 Å². The molecule has 4 unspecified atom stereocenters. The lowest BCUT2D eigenvalue weighted by Crippen LogP contribution is -2.69. The van der Waals surface area contributed by atoms with Crippen LogP contribution in [-0.4, -0.2) is 41.5 Å². The summed E-state index contributed by atoms with van der Waals surface area (Å²) in [5.41, 5.74) is 0.260. The molecule has 100 valence electrons. The molecule has 17 heavy (non-hydrogen) atoms. The van der Waals surface area contributed by atoms with Crippen molar-refractivity contribution in [3.05, 3.63) is 0 Å². The van der Waals surface area contributed by atoms with E-state index in [1.165, 1.54) is 12.8 Å². The number of fused-ring (bicyclic) bond motifs is 1. The highest BCUT2D eigenvalue weighted by molar-refractivity contribution is 7.84. The van der Waals surface area contributed by atoms with Gasteiger partial charge >= 0.3 is 0 Å². The van der Waals surface area contributed by atoms with Crippen LogP contribution in [0.5, 0.6) is 0 Å². The molecule has 1 aliphatic heterocycles. The molecule has 2 rings (SSSR count). The van der Waals surface area contributed by atoms with E-state index in [0.29, 0.717) is 18.1 Å². The molecule has 1 heterocycles. The van der Waals surface area contributed by atoms with Crippen molar-refractivity contribution in [1.82, 2.24) is 5.32 Å². The van der Waals surface area contributed by atoms with E-state index < -0.39 is 10.8 Å². The molecule has 1 aliphatic carbocycles. The van der Waals surface area contributed by atoms with E-state index in [0.717, 1.165) is 25.3 Å². The molecule has 0 spiro atoms. The molecule has 0 aromatic rings. The Morgan fingerprint density at radius 1 is 1.47 bits per heavy atom. The van der Waals surface area contributed by atoms with Gasteiger partial charge in [-0.1, -0.05) is 13.8 Å². The number of ether oxygens (including phenoxy) is 1. The molecule has 1 N–H and O–H groups in total. The molecule has 2 aliphatic rings. The molecule has 4 atom stereocenters. The van der Waals surface area contributed by atoms with E-state index in [-0.39, 0.29) is 5.41 Å². The third kappa shape index (κ3) is 2.74. The first-order valence-electron chi connectivity index (χ1n) is 6.68. The SMILES string of the molecule is CS(=O)CCCNC1C2CCCOC2C1(C)C. The summed E-state index contributed by atoms with van der Waals surface area (Å²) in [6.45, 7) is 6.52. The largest absolute Gasteiger partial charge is 0.377 e. The summed E-state index contributed by atoms with van der Waals surface area (Å²) in [7, 11) is -0.656. The van der Waals surface area contributed by atoms with Crippen molar-refractivity contribution in [2.24, 2.45) is 11.3 Å². The Balaban J connectivity index is 1.78. The maximum atomic E-state index is 11.0. The molecule has 2 fully saturated rings. The van der Waals surface area contributed by atoms with Crippen LogP contribution in [0.4, 0.5) is 0 Å². The fourth-order valence-corrected chi connectivity index (χ4v) is 4.02. The molecule has 0 amide bonds. The van der Waals surface area contributed by atoms with Gasteiger partial charge in [0.2, 0.25) is 0 Å². The quantitative estimate of drug-likeness (QED) is 0.761. The smallest absolute Gasteiger partial charge is 0.0684 e. The molecule has 0 radical (unpaired) electrons. The molecular weight excluding hydrogens is 234 g/mol. The molecule has 1 saturated heterocycles. The average molecular weight is 259 g/mol. The van der Waals surface area contributed by atoms with Crippen LogP contribution in [-0.2, 0) is 15.5 Å². The summed E-state index contributed by atoms with van der Waals surface area (Å²) >= 11 is 0. The minimum absolute atomic E-state index is 0.260. The minimum atomic E-state index is -0.656. The van der Waals surface area contributed by atoms with Crippen molar-refractivity contribution in [2.45, 2.75) is 45.3 Å². The van der Waals surface area contributed by atoms with Gasteiger partial charge < -0.3 is 10.1 Å². The zero-order valence-electron chi connectivity index (χ0n) is 11.2. The summed E-state index contributed by atoms with van der Waals surface area (Å²) in [5, 5.41) is 3.65. The van der Waals surface area contributed by atoms with Gasteiger partial charge in [-0.2, -0.15) is 0 Å². The van der Waals surface area contributed by atoms with Crippen molar-refractivity contribution in [3.63, 3.8) is 0 Å². The second-order valence-corrected chi connectivity index (χ2v) is 7.54. The maximum Gasteiger partial charge on any atom is 0.0684 e. The first-order valence-corrected chi connectivity index (χ1v) is 8.41. The van der Waals surface area contributed by atoms with Crippen molar-refractivity contribution >= 4 is 10.8 Å². The van der Waals surface area contributed by atoms with Gasteiger partial charge in [0.25, 0.3) is 0 Å². The second-order valence-electron chi connectivity index (χ2n) is 5.98. The van der Waals surface area contributed by atoms with Crippen LogP contribution in [0.15, 0.2) is 0 Å². The average Bonchev–Trinajstić information content (AvgIpc) is 2.28. The zero-order chi connectivity index (χ0) is 12.5. The third-order valence-electron chi connectivity index (χ3n) is 4.30. The van der Waals surface area contributed by atoms with Crippen molar-refractivity contribution in [2.75, 3.05) is 25.2 Å². The summed E-state index contributed by atoms with van der Waals surface area (Å²) in [6.07, 6.45) is 5.74. The normalized spacial score (nSPS) is 37.0. The summed E-state index contributed by atoms with van der Waals surface area (Å²) in [6, 6.07) is 0.582. The Morgan fingerprint density at radius 2 is 2.24 bits per heavy atom. The van der Waals surface area contributed by atoms with Crippen LogP contribution in [0.3, 0.4) is 0 Å². The molecule has 1 saturated carbocycles. The van der Waals surface area contributed by atoms with Crippen molar-refractivity contribution in [3.8, 4) is 0 Å². The van der Waals surface area contributed by atoms with Gasteiger partial charge in [-0.05, 0) is 25.8 Å². The van der Waals surface area contributed by atoms with Crippen molar-refractivity contribution in [1.29, 1.82) is 0 Å².